The van der Waals surface area contributed by atoms with Gasteiger partial charge in [0.25, 0.3) is 23.6 Å². The Kier molecular flexibility index (Phi) is 13.2. The molecule has 12 rings (SSSR count). The Labute approximate surface area is 490 Å². The van der Waals surface area contributed by atoms with Gasteiger partial charge in [-0.15, -0.1) is 0 Å². The van der Waals surface area contributed by atoms with Crippen molar-refractivity contribution >= 4 is 72.4 Å². The SMILES string of the molecule is CCCCN1C(=O)c2cc(Oc3ccc(C(C)(C)C)cc3)c3c4c(Oc5ccc(C(C)(C)C)cc5)cc5c6c(cc(Oc7ccc(C(C)(C)C)cc7)c(c7c(Oc8ccc(C(C)(C)C)cc8)cc(c2c37)C1=O)c64)C(=O)N(c1ccncc1)C5=O. The van der Waals surface area contributed by atoms with Crippen LogP contribution in [-0.2, 0) is 21.7 Å². The molecule has 2 aliphatic heterocycles. The van der Waals surface area contributed by atoms with E-state index in [1.54, 1.807) is 48.8 Å². The van der Waals surface area contributed by atoms with E-state index in [1.165, 1.54) is 9.80 Å². The van der Waals surface area contributed by atoms with Gasteiger partial charge in [-0.1, -0.05) is 145 Å². The second-order valence-electron chi connectivity index (χ2n) is 26.5. The molecule has 0 radical (unpaired) electrons. The lowest BCUT2D eigenvalue weighted by Crippen LogP contribution is -2.41. The summed E-state index contributed by atoms with van der Waals surface area (Å²) < 4.78 is 28.9. The predicted octanol–water partition coefficient (Wildman–Crippen LogP) is 18.7. The van der Waals surface area contributed by atoms with Gasteiger partial charge >= 0.3 is 0 Å². The molecule has 84 heavy (non-hydrogen) atoms. The first kappa shape index (κ1) is 55.4. The minimum Gasteiger partial charge on any atom is -0.457 e. The summed E-state index contributed by atoms with van der Waals surface area (Å²) in [6.45, 7) is 28.0. The molecule has 3 heterocycles. The molecule has 0 saturated carbocycles. The summed E-state index contributed by atoms with van der Waals surface area (Å²) in [6.07, 6.45) is 4.42. The highest BCUT2D eigenvalue weighted by Gasteiger charge is 2.42. The fourth-order valence-electron chi connectivity index (χ4n) is 11.7. The largest absolute Gasteiger partial charge is 0.457 e. The van der Waals surface area contributed by atoms with E-state index in [0.29, 0.717) is 78.2 Å². The Morgan fingerprint density at radius 1 is 0.357 bits per heavy atom. The summed E-state index contributed by atoms with van der Waals surface area (Å²) >= 11 is 0. The molecule has 0 aliphatic carbocycles. The zero-order chi connectivity index (χ0) is 59.5. The second-order valence-corrected chi connectivity index (χ2v) is 26.5. The molecule has 11 nitrogen and oxygen atoms in total. The Morgan fingerprint density at radius 2 is 0.631 bits per heavy atom. The van der Waals surface area contributed by atoms with Crippen LogP contribution in [0.1, 0.15) is 167 Å². The van der Waals surface area contributed by atoms with Crippen molar-refractivity contribution in [2.24, 2.45) is 0 Å². The summed E-state index contributed by atoms with van der Waals surface area (Å²) in [5.41, 5.74) is 4.90. The lowest BCUT2D eigenvalue weighted by atomic mass is 9.80. The molecule has 0 unspecified atom stereocenters. The first-order valence-corrected chi connectivity index (χ1v) is 28.9. The van der Waals surface area contributed by atoms with Crippen LogP contribution in [0, 0.1) is 0 Å². The van der Waals surface area contributed by atoms with Crippen LogP contribution in [0.3, 0.4) is 0 Å². The summed E-state index contributed by atoms with van der Waals surface area (Å²) in [5, 5.41) is 3.45. The lowest BCUT2D eigenvalue weighted by molar-refractivity contribution is 0.0607. The van der Waals surface area contributed by atoms with E-state index in [4.69, 9.17) is 18.9 Å². The maximum atomic E-state index is 15.6. The summed E-state index contributed by atoms with van der Waals surface area (Å²) in [4.78, 5) is 68.7. The Hall–Kier alpha value is -9.09. The normalized spacial score (nSPS) is 14.0. The Morgan fingerprint density at radius 3 is 0.893 bits per heavy atom. The van der Waals surface area contributed by atoms with Crippen LogP contribution in [0.5, 0.6) is 46.0 Å². The standard InChI is InChI=1S/C73H69N3O8/c1-14-15-36-75-66(77)50-37-54(81-46-24-16-41(17-25-46)70(2,3)4)60-62-56(83-48-28-20-43(21-29-48)72(8,9)10)39-52-59-53(69(80)76(68(52)79)45-32-34-74-35-33-45)40-57(84-49-30-22-44(23-31-49)73(11,12)13)63(65(59)62)61-55(38-51(67(75)78)58(50)64(60)61)82-47-26-18-42(19-27-47)71(5,6)7/h16-35,37-40H,14-15,36H2,1-13H3. The molecule has 0 atom stereocenters. The zero-order valence-electron chi connectivity index (χ0n) is 50.1. The molecule has 0 fully saturated rings. The molecule has 9 aromatic carbocycles. The van der Waals surface area contributed by atoms with E-state index in [2.05, 4.69) is 88.1 Å². The van der Waals surface area contributed by atoms with Gasteiger partial charge in [0.2, 0.25) is 0 Å². The number of pyridine rings is 1. The molecule has 0 saturated heterocycles. The Bertz CT molecular complexity index is 4060. The Balaban J connectivity index is 1.29. The number of rotatable bonds is 12. The molecule has 424 valence electrons. The van der Waals surface area contributed by atoms with Crippen molar-refractivity contribution in [3.63, 3.8) is 0 Å². The van der Waals surface area contributed by atoms with Gasteiger partial charge in [-0.2, -0.15) is 0 Å². The van der Waals surface area contributed by atoms with Crippen LogP contribution in [0.2, 0.25) is 0 Å². The van der Waals surface area contributed by atoms with Crippen molar-refractivity contribution in [2.45, 2.75) is 125 Å². The van der Waals surface area contributed by atoms with E-state index in [0.717, 1.165) is 28.7 Å². The lowest BCUT2D eigenvalue weighted by Gasteiger charge is -2.32. The third-order valence-corrected chi connectivity index (χ3v) is 16.4. The van der Waals surface area contributed by atoms with Gasteiger partial charge in [0.15, 0.2) is 0 Å². The maximum Gasteiger partial charge on any atom is 0.266 e. The number of imide groups is 2. The fraction of sp³-hybridized carbons (Fsp3) is 0.274. The highest BCUT2D eigenvalue weighted by molar-refractivity contribution is 6.46. The third kappa shape index (κ3) is 9.53. The average molecular weight is 1120 g/mol. The minimum absolute atomic E-state index is 0.166. The van der Waals surface area contributed by atoms with Gasteiger partial charge < -0.3 is 18.9 Å². The van der Waals surface area contributed by atoms with Crippen molar-refractivity contribution in [2.75, 3.05) is 11.4 Å². The molecule has 4 amide bonds. The summed E-state index contributed by atoms with van der Waals surface area (Å²) in [7, 11) is 0. The predicted molar refractivity (Wildman–Crippen MR) is 334 cm³/mol. The zero-order valence-corrected chi connectivity index (χ0v) is 50.1. The first-order chi connectivity index (χ1) is 39.8. The van der Waals surface area contributed by atoms with Crippen LogP contribution >= 0.6 is 0 Å². The topological polar surface area (TPSA) is 125 Å². The van der Waals surface area contributed by atoms with Crippen LogP contribution in [-0.4, -0.2) is 40.1 Å². The van der Waals surface area contributed by atoms with Gasteiger partial charge in [0, 0.05) is 62.0 Å². The highest BCUT2D eigenvalue weighted by atomic mass is 16.5. The van der Waals surface area contributed by atoms with Crippen LogP contribution < -0.4 is 23.8 Å². The molecule has 2 aliphatic rings. The maximum absolute atomic E-state index is 15.6. The average Bonchev–Trinajstić information content (AvgIpc) is 0.708. The minimum atomic E-state index is -0.583. The number of aromatic nitrogens is 1. The van der Waals surface area contributed by atoms with Gasteiger partial charge in [-0.3, -0.25) is 29.1 Å². The number of anilines is 1. The number of amides is 4. The summed E-state index contributed by atoms with van der Waals surface area (Å²) in [6, 6.07) is 41.6. The summed E-state index contributed by atoms with van der Waals surface area (Å²) in [5.74, 6) is 0.835. The number of benzene rings is 9. The molecule has 10 aromatic rings. The van der Waals surface area contributed by atoms with Crippen LogP contribution in [0.4, 0.5) is 5.69 Å². The van der Waals surface area contributed by atoms with Gasteiger partial charge in [-0.25, -0.2) is 4.90 Å². The molecule has 0 bridgehead atoms. The monoisotopic (exact) mass is 1120 g/mol. The molecule has 11 heteroatoms. The molecular weight excluding hydrogens is 1050 g/mol. The van der Waals surface area contributed by atoms with Gasteiger partial charge in [0.05, 0.1) is 27.9 Å². The second kappa shape index (κ2) is 20.1. The number of carbonyl (C=O) groups is 4. The van der Waals surface area contributed by atoms with Crippen molar-refractivity contribution in [1.29, 1.82) is 0 Å². The molecule has 0 spiro atoms. The first-order valence-electron chi connectivity index (χ1n) is 28.9. The quantitative estimate of drug-likeness (QED) is 0.0668. The number of ether oxygens (including phenoxy) is 4. The van der Waals surface area contributed by atoms with E-state index in [1.807, 2.05) is 104 Å². The number of nitrogens with zero attached hydrogens (tertiary/aromatic N) is 3. The van der Waals surface area contributed by atoms with E-state index < -0.39 is 23.6 Å². The number of carbonyl (C=O) groups excluding carboxylic acids is 4. The van der Waals surface area contributed by atoms with Crippen molar-refractivity contribution in [3.8, 4) is 46.0 Å². The number of hydrogen-bond acceptors (Lipinski definition) is 9. The number of fused-ring (bicyclic) bond motifs is 2. The van der Waals surface area contributed by atoms with E-state index >= 15 is 19.2 Å². The van der Waals surface area contributed by atoms with Gasteiger partial charge in [-0.05, 0) is 135 Å². The van der Waals surface area contributed by atoms with Crippen LogP contribution in [0.15, 0.2) is 146 Å². The molecule has 0 N–H and O–H groups in total. The van der Waals surface area contributed by atoms with Crippen molar-refractivity contribution < 1.29 is 38.1 Å². The van der Waals surface area contributed by atoms with Crippen LogP contribution in [0.25, 0.3) is 43.1 Å². The van der Waals surface area contributed by atoms with Crippen molar-refractivity contribution in [1.82, 2.24) is 9.88 Å². The smallest absolute Gasteiger partial charge is 0.266 e. The molecular formula is C73H69N3O8. The number of hydrogen-bond donors (Lipinski definition) is 0. The van der Waals surface area contributed by atoms with Gasteiger partial charge in [0.1, 0.15) is 46.0 Å². The fourth-order valence-corrected chi connectivity index (χ4v) is 11.7. The number of unbranched alkanes of at least 4 members (excludes halogenated alkanes) is 1. The van der Waals surface area contributed by atoms with Crippen molar-refractivity contribution in [3.05, 3.63) is 190 Å². The highest BCUT2D eigenvalue weighted by Crippen LogP contribution is 2.58. The molecule has 1 aromatic heterocycles. The van der Waals surface area contributed by atoms with E-state index in [-0.39, 0.29) is 73.5 Å². The van der Waals surface area contributed by atoms with E-state index in [9.17, 15) is 0 Å². The third-order valence-electron chi connectivity index (χ3n) is 16.4.